The Bertz CT molecular complexity index is 521. The van der Waals surface area contributed by atoms with E-state index in [0.29, 0.717) is 26.0 Å². The average molecular weight is 334 g/mol. The zero-order chi connectivity index (χ0) is 17.2. The number of hydrogen-bond donors (Lipinski definition) is 2. The Balaban J connectivity index is 1.77. The first-order valence-corrected chi connectivity index (χ1v) is 8.52. The second kappa shape index (κ2) is 9.93. The third-order valence-corrected chi connectivity index (χ3v) is 4.17. The van der Waals surface area contributed by atoms with Crippen LogP contribution < -0.4 is 10.6 Å². The maximum Gasteiger partial charge on any atom is 0.407 e. The van der Waals surface area contributed by atoms with Crippen molar-refractivity contribution in [2.24, 2.45) is 5.92 Å². The molecular formula is C18H26N2O4. The highest BCUT2D eigenvalue weighted by atomic mass is 16.5. The van der Waals surface area contributed by atoms with Crippen LogP contribution in [0.2, 0.25) is 0 Å². The van der Waals surface area contributed by atoms with Gasteiger partial charge in [-0.25, -0.2) is 4.79 Å². The van der Waals surface area contributed by atoms with Crippen LogP contribution in [0.25, 0.3) is 0 Å². The van der Waals surface area contributed by atoms with Crippen molar-refractivity contribution < 1.29 is 19.1 Å². The van der Waals surface area contributed by atoms with Crippen LogP contribution in [0.1, 0.15) is 31.7 Å². The summed E-state index contributed by atoms with van der Waals surface area (Å²) >= 11 is 0. The molecule has 6 nitrogen and oxygen atoms in total. The van der Waals surface area contributed by atoms with Gasteiger partial charge in [0.15, 0.2) is 0 Å². The average Bonchev–Trinajstić information content (AvgIpc) is 2.60. The number of esters is 1. The van der Waals surface area contributed by atoms with Gasteiger partial charge >= 0.3 is 12.1 Å². The Morgan fingerprint density at radius 3 is 2.79 bits per heavy atom. The lowest BCUT2D eigenvalue weighted by Gasteiger charge is -2.32. The maximum absolute atomic E-state index is 12.0. The molecule has 2 rings (SSSR count). The molecule has 2 atom stereocenters. The predicted molar refractivity (Wildman–Crippen MR) is 90.4 cm³/mol. The molecule has 2 unspecified atom stereocenters. The van der Waals surface area contributed by atoms with Gasteiger partial charge in [0.25, 0.3) is 0 Å². The molecule has 1 aromatic rings. The molecule has 1 aromatic carbocycles. The van der Waals surface area contributed by atoms with E-state index >= 15 is 0 Å². The zero-order valence-electron chi connectivity index (χ0n) is 14.1. The minimum absolute atomic E-state index is 0.0311. The normalized spacial score (nSPS) is 20.2. The molecule has 1 aliphatic rings. The van der Waals surface area contributed by atoms with Gasteiger partial charge in [0.1, 0.15) is 6.61 Å². The van der Waals surface area contributed by atoms with Gasteiger partial charge in [0.05, 0.1) is 6.61 Å². The fourth-order valence-corrected chi connectivity index (χ4v) is 2.88. The number of carbonyl (C=O) groups is 2. The van der Waals surface area contributed by atoms with Crippen LogP contribution >= 0.6 is 0 Å². The summed E-state index contributed by atoms with van der Waals surface area (Å²) in [6, 6.07) is 9.54. The highest BCUT2D eigenvalue weighted by Gasteiger charge is 2.27. The Labute approximate surface area is 142 Å². The van der Waals surface area contributed by atoms with E-state index in [1.165, 1.54) is 0 Å². The molecule has 6 heteroatoms. The Hall–Kier alpha value is -2.08. The fraction of sp³-hybridized carbons (Fsp3) is 0.556. The molecule has 1 saturated heterocycles. The molecule has 24 heavy (non-hydrogen) atoms. The minimum atomic E-state index is -0.423. The Morgan fingerprint density at radius 1 is 1.25 bits per heavy atom. The number of alkyl carbamates (subject to hydrolysis) is 1. The van der Waals surface area contributed by atoms with E-state index in [0.717, 1.165) is 18.5 Å². The molecule has 0 spiro atoms. The zero-order valence-corrected chi connectivity index (χ0v) is 14.1. The van der Waals surface area contributed by atoms with Crippen molar-refractivity contribution in [1.29, 1.82) is 0 Å². The number of rotatable bonds is 7. The second-order valence-electron chi connectivity index (χ2n) is 5.91. The molecule has 1 aliphatic heterocycles. The number of carbonyl (C=O) groups excluding carboxylic acids is 2. The highest BCUT2D eigenvalue weighted by Crippen LogP contribution is 2.19. The third kappa shape index (κ3) is 6.20. The number of nitrogens with one attached hydrogen (secondary N) is 2. The molecule has 132 valence electrons. The molecule has 0 radical (unpaired) electrons. The number of benzene rings is 1. The summed E-state index contributed by atoms with van der Waals surface area (Å²) in [6.45, 7) is 4.03. The van der Waals surface area contributed by atoms with Crippen molar-refractivity contribution in [3.63, 3.8) is 0 Å². The molecule has 0 aliphatic carbocycles. The molecule has 2 N–H and O–H groups in total. The van der Waals surface area contributed by atoms with Gasteiger partial charge in [-0.1, -0.05) is 30.3 Å². The van der Waals surface area contributed by atoms with Crippen LogP contribution in [-0.4, -0.2) is 37.8 Å². The van der Waals surface area contributed by atoms with Crippen LogP contribution in [0, 0.1) is 5.92 Å². The lowest BCUT2D eigenvalue weighted by Crippen LogP contribution is -2.51. The van der Waals surface area contributed by atoms with Crippen LogP contribution in [0.5, 0.6) is 0 Å². The summed E-state index contributed by atoms with van der Waals surface area (Å²) in [5.41, 5.74) is 0.952. The monoisotopic (exact) mass is 334 g/mol. The predicted octanol–water partition coefficient (Wildman–Crippen LogP) is 2.23. The number of hydrogen-bond acceptors (Lipinski definition) is 5. The summed E-state index contributed by atoms with van der Waals surface area (Å²) in [6.07, 6.45) is 1.59. The van der Waals surface area contributed by atoms with Gasteiger partial charge in [0.2, 0.25) is 0 Å². The largest absolute Gasteiger partial charge is 0.466 e. The summed E-state index contributed by atoms with van der Waals surface area (Å²) in [5, 5.41) is 6.19. The highest BCUT2D eigenvalue weighted by molar-refractivity contribution is 5.69. The smallest absolute Gasteiger partial charge is 0.407 e. The number of ether oxygens (including phenoxy) is 2. The fourth-order valence-electron chi connectivity index (χ4n) is 2.88. The number of piperidine rings is 1. The Morgan fingerprint density at radius 2 is 2.04 bits per heavy atom. The summed E-state index contributed by atoms with van der Waals surface area (Å²) in [7, 11) is 0. The van der Waals surface area contributed by atoms with E-state index in [1.807, 2.05) is 30.3 Å². The lowest BCUT2D eigenvalue weighted by molar-refractivity contribution is -0.143. The van der Waals surface area contributed by atoms with E-state index in [2.05, 4.69) is 10.6 Å². The van der Waals surface area contributed by atoms with Gasteiger partial charge in [-0.3, -0.25) is 4.79 Å². The second-order valence-corrected chi connectivity index (χ2v) is 5.91. The van der Waals surface area contributed by atoms with E-state index in [1.54, 1.807) is 6.92 Å². The van der Waals surface area contributed by atoms with Crippen molar-refractivity contribution in [3.05, 3.63) is 35.9 Å². The quantitative estimate of drug-likeness (QED) is 0.748. The molecule has 1 heterocycles. The summed E-state index contributed by atoms with van der Waals surface area (Å²) < 4.78 is 10.2. The van der Waals surface area contributed by atoms with Crippen molar-refractivity contribution in [2.75, 3.05) is 19.7 Å². The summed E-state index contributed by atoms with van der Waals surface area (Å²) in [4.78, 5) is 23.5. The van der Waals surface area contributed by atoms with Gasteiger partial charge in [0, 0.05) is 19.0 Å². The van der Waals surface area contributed by atoms with E-state index in [4.69, 9.17) is 9.47 Å². The third-order valence-electron chi connectivity index (χ3n) is 4.17. The van der Waals surface area contributed by atoms with Crippen LogP contribution in [0.15, 0.2) is 30.3 Å². The van der Waals surface area contributed by atoms with Gasteiger partial charge < -0.3 is 20.1 Å². The SMILES string of the molecule is CCOC(=O)CCC1CCNCC1NC(=O)OCc1ccccc1. The van der Waals surface area contributed by atoms with Crippen LogP contribution in [-0.2, 0) is 20.9 Å². The molecule has 1 amide bonds. The topological polar surface area (TPSA) is 76.7 Å². The maximum atomic E-state index is 12.0. The standard InChI is InChI=1S/C18H26N2O4/c1-2-23-17(21)9-8-15-10-11-19-12-16(15)20-18(22)24-13-14-6-4-3-5-7-14/h3-7,15-16,19H,2,8-13H2,1H3,(H,20,22). The molecule has 0 aromatic heterocycles. The molecular weight excluding hydrogens is 308 g/mol. The van der Waals surface area contributed by atoms with E-state index in [9.17, 15) is 9.59 Å². The van der Waals surface area contributed by atoms with Crippen molar-refractivity contribution in [2.45, 2.75) is 38.8 Å². The van der Waals surface area contributed by atoms with Crippen LogP contribution in [0.4, 0.5) is 4.79 Å². The van der Waals surface area contributed by atoms with Crippen LogP contribution in [0.3, 0.4) is 0 Å². The number of amides is 1. The first-order valence-electron chi connectivity index (χ1n) is 8.52. The minimum Gasteiger partial charge on any atom is -0.466 e. The lowest BCUT2D eigenvalue weighted by atomic mass is 9.88. The molecule has 1 fully saturated rings. The van der Waals surface area contributed by atoms with Gasteiger partial charge in [-0.15, -0.1) is 0 Å². The van der Waals surface area contributed by atoms with E-state index < -0.39 is 6.09 Å². The first kappa shape index (κ1) is 18.3. The summed E-state index contributed by atoms with van der Waals surface area (Å²) in [5.74, 6) is 0.0707. The molecule has 0 bridgehead atoms. The van der Waals surface area contributed by atoms with Crippen molar-refractivity contribution >= 4 is 12.1 Å². The first-order chi connectivity index (χ1) is 11.7. The van der Waals surface area contributed by atoms with Crippen molar-refractivity contribution in [3.8, 4) is 0 Å². The van der Waals surface area contributed by atoms with Crippen molar-refractivity contribution in [1.82, 2.24) is 10.6 Å². The molecule has 0 saturated carbocycles. The van der Waals surface area contributed by atoms with Gasteiger partial charge in [-0.05, 0) is 37.8 Å². The van der Waals surface area contributed by atoms with Gasteiger partial charge in [-0.2, -0.15) is 0 Å². The Kier molecular flexibility index (Phi) is 7.55. The van der Waals surface area contributed by atoms with E-state index in [-0.39, 0.29) is 24.5 Å².